The van der Waals surface area contributed by atoms with Crippen LogP contribution in [0.2, 0.25) is 13.1 Å². The minimum atomic E-state index is -1.21. The first-order valence-electron chi connectivity index (χ1n) is 4.06. The van der Waals surface area contributed by atoms with Gasteiger partial charge in [-0.3, -0.25) is 0 Å². The van der Waals surface area contributed by atoms with Crippen LogP contribution >= 0.6 is 0 Å². The fourth-order valence-electron chi connectivity index (χ4n) is 1.27. The van der Waals surface area contributed by atoms with Crippen molar-refractivity contribution in [2.24, 2.45) is 0 Å². The van der Waals surface area contributed by atoms with Gasteiger partial charge < -0.3 is 4.57 Å². The van der Waals surface area contributed by atoms with Crippen LogP contribution in [-0.4, -0.2) is 34.4 Å². The Bertz CT molecular complexity index is 145. The Kier molecular flexibility index (Phi) is 4.74. The molecular weight excluding hydrogens is 166 g/mol. The van der Waals surface area contributed by atoms with E-state index in [0.717, 1.165) is 22.1 Å². The molecule has 62 valence electrons. The van der Waals surface area contributed by atoms with E-state index in [-0.39, 0.29) is 0 Å². The molecule has 0 heterocycles. The zero-order valence-corrected chi connectivity index (χ0v) is 9.94. The minimum absolute atomic E-state index is 0.728. The molecule has 0 aliphatic heterocycles. The first-order valence-corrected chi connectivity index (χ1v) is 9.01. The third-order valence-corrected chi connectivity index (χ3v) is 8.12. The molecule has 0 aromatic carbocycles. The molecule has 0 unspecified atom stereocenters. The predicted molar refractivity (Wildman–Crippen MR) is 55.0 cm³/mol. The average molecular weight is 183 g/mol. The van der Waals surface area contributed by atoms with Gasteiger partial charge in [-0.1, -0.05) is 26.9 Å². The second-order valence-electron chi connectivity index (χ2n) is 3.00. The normalized spacial score (nSPS) is 11.6. The molecule has 0 atom stereocenters. The summed E-state index contributed by atoms with van der Waals surface area (Å²) in [5.41, 5.74) is 2.80. The van der Waals surface area contributed by atoms with Gasteiger partial charge in [0.15, 0.2) is 9.04 Å². The lowest BCUT2D eigenvalue weighted by molar-refractivity contribution is 0.478. The van der Waals surface area contributed by atoms with Crippen molar-refractivity contribution in [2.45, 2.75) is 26.9 Å². The van der Waals surface area contributed by atoms with Gasteiger partial charge in [-0.05, 0) is 13.1 Å². The van der Waals surface area contributed by atoms with Crippen LogP contribution in [0.5, 0.6) is 0 Å². The van der Waals surface area contributed by atoms with Crippen molar-refractivity contribution in [3.8, 4) is 12.0 Å². The second-order valence-corrected chi connectivity index (χ2v) is 11.7. The van der Waals surface area contributed by atoms with Gasteiger partial charge in [-0.15, -0.1) is 12.0 Å². The van der Waals surface area contributed by atoms with E-state index in [1.807, 2.05) is 0 Å². The SMILES string of the molecule is C#C[Si][Si](C)(C)N(CC)CC. The summed E-state index contributed by atoms with van der Waals surface area (Å²) in [6.45, 7) is 11.4. The first-order chi connectivity index (χ1) is 5.08. The van der Waals surface area contributed by atoms with Crippen molar-refractivity contribution in [3.63, 3.8) is 0 Å². The Morgan fingerprint density at radius 3 is 2.09 bits per heavy atom. The van der Waals surface area contributed by atoms with Crippen LogP contribution in [0.3, 0.4) is 0 Å². The molecule has 0 amide bonds. The third kappa shape index (κ3) is 3.23. The molecule has 0 aliphatic rings. The average Bonchev–Trinajstić information content (AvgIpc) is 1.89. The van der Waals surface area contributed by atoms with Crippen molar-refractivity contribution >= 4 is 16.8 Å². The molecule has 3 heteroatoms. The topological polar surface area (TPSA) is 3.24 Å². The summed E-state index contributed by atoms with van der Waals surface area (Å²) >= 11 is 0. The van der Waals surface area contributed by atoms with Crippen molar-refractivity contribution in [1.82, 2.24) is 4.57 Å². The third-order valence-electron chi connectivity index (χ3n) is 1.93. The Morgan fingerprint density at radius 1 is 1.36 bits per heavy atom. The van der Waals surface area contributed by atoms with Crippen molar-refractivity contribution in [1.29, 1.82) is 0 Å². The van der Waals surface area contributed by atoms with E-state index in [1.54, 1.807) is 0 Å². The summed E-state index contributed by atoms with van der Waals surface area (Å²) in [4.78, 5) is 0. The number of hydrogen-bond acceptors (Lipinski definition) is 1. The summed E-state index contributed by atoms with van der Waals surface area (Å²) in [5, 5.41) is 0. The highest BCUT2D eigenvalue weighted by Crippen LogP contribution is 2.06. The monoisotopic (exact) mass is 183 g/mol. The first kappa shape index (κ1) is 11.0. The zero-order valence-electron chi connectivity index (χ0n) is 7.94. The molecule has 0 aromatic rings. The lowest BCUT2D eigenvalue weighted by Crippen LogP contribution is -2.53. The van der Waals surface area contributed by atoms with Gasteiger partial charge in [0.25, 0.3) is 0 Å². The lowest BCUT2D eigenvalue weighted by atomic mass is 10.7. The smallest absolute Gasteiger partial charge is 0.154 e. The van der Waals surface area contributed by atoms with Gasteiger partial charge in [-0.25, -0.2) is 0 Å². The van der Waals surface area contributed by atoms with Crippen molar-refractivity contribution < 1.29 is 0 Å². The van der Waals surface area contributed by atoms with Crippen LogP contribution < -0.4 is 0 Å². The molecule has 11 heavy (non-hydrogen) atoms. The predicted octanol–water partition coefficient (Wildman–Crippen LogP) is 1.32. The number of rotatable bonds is 4. The number of terminal acetylenes is 1. The van der Waals surface area contributed by atoms with E-state index in [1.165, 1.54) is 0 Å². The molecule has 0 rings (SSSR count). The quantitative estimate of drug-likeness (QED) is 0.469. The fraction of sp³-hybridized carbons (Fsp3) is 0.750. The zero-order chi connectivity index (χ0) is 8.91. The highest BCUT2D eigenvalue weighted by atomic mass is 29.2. The van der Waals surface area contributed by atoms with Crippen LogP contribution in [0.25, 0.3) is 0 Å². The van der Waals surface area contributed by atoms with E-state index < -0.39 is 7.75 Å². The van der Waals surface area contributed by atoms with Crippen molar-refractivity contribution in [2.75, 3.05) is 13.1 Å². The molecular formula is C8H17NSi2. The van der Waals surface area contributed by atoms with Crippen molar-refractivity contribution in [3.05, 3.63) is 0 Å². The summed E-state index contributed by atoms with van der Waals surface area (Å²) in [5.74, 6) is 0. The summed E-state index contributed by atoms with van der Waals surface area (Å²) < 4.78 is 2.53. The fourth-order valence-corrected chi connectivity index (χ4v) is 5.85. The van der Waals surface area contributed by atoms with E-state index in [0.29, 0.717) is 0 Å². The molecule has 0 saturated carbocycles. The Balaban J connectivity index is 4.14. The molecule has 2 radical (unpaired) electrons. The van der Waals surface area contributed by atoms with E-state index in [9.17, 15) is 0 Å². The second kappa shape index (κ2) is 4.76. The minimum Gasteiger partial charge on any atom is -0.326 e. The molecule has 0 aromatic heterocycles. The highest BCUT2D eigenvalue weighted by molar-refractivity contribution is 7.24. The van der Waals surface area contributed by atoms with Gasteiger partial charge in [0, 0.05) is 0 Å². The van der Waals surface area contributed by atoms with Crippen LogP contribution in [0.15, 0.2) is 0 Å². The summed E-state index contributed by atoms with van der Waals surface area (Å²) in [7, 11) is -0.480. The Hall–Kier alpha value is -0.0462. The van der Waals surface area contributed by atoms with Gasteiger partial charge in [0.1, 0.15) is 7.75 Å². The summed E-state index contributed by atoms with van der Waals surface area (Å²) in [6.07, 6.45) is 5.33. The van der Waals surface area contributed by atoms with E-state index in [2.05, 4.69) is 37.1 Å². The molecule has 0 aliphatic carbocycles. The molecule has 0 saturated heterocycles. The maximum absolute atomic E-state index is 5.33. The molecule has 0 spiro atoms. The molecule has 0 fully saturated rings. The van der Waals surface area contributed by atoms with Gasteiger partial charge >= 0.3 is 0 Å². The maximum atomic E-state index is 5.33. The summed E-state index contributed by atoms with van der Waals surface area (Å²) in [6, 6.07) is 0. The van der Waals surface area contributed by atoms with Gasteiger partial charge in [0.05, 0.1) is 0 Å². The van der Waals surface area contributed by atoms with E-state index >= 15 is 0 Å². The Morgan fingerprint density at radius 2 is 1.82 bits per heavy atom. The molecule has 1 nitrogen and oxygen atoms in total. The van der Waals surface area contributed by atoms with Crippen LogP contribution in [0, 0.1) is 12.0 Å². The van der Waals surface area contributed by atoms with Crippen LogP contribution in [-0.2, 0) is 0 Å². The number of hydrogen-bond donors (Lipinski definition) is 0. The van der Waals surface area contributed by atoms with Gasteiger partial charge in [0.2, 0.25) is 0 Å². The van der Waals surface area contributed by atoms with Crippen LogP contribution in [0.1, 0.15) is 13.8 Å². The largest absolute Gasteiger partial charge is 0.326 e. The molecule has 0 N–H and O–H groups in total. The van der Waals surface area contributed by atoms with E-state index in [4.69, 9.17) is 6.42 Å². The molecule has 0 bridgehead atoms. The van der Waals surface area contributed by atoms with Gasteiger partial charge in [-0.2, -0.15) is 0 Å². The highest BCUT2D eigenvalue weighted by Gasteiger charge is 2.26. The maximum Gasteiger partial charge on any atom is 0.154 e. The van der Waals surface area contributed by atoms with Crippen LogP contribution in [0.4, 0.5) is 0 Å². The number of nitrogens with zero attached hydrogens (tertiary/aromatic N) is 1. The lowest BCUT2D eigenvalue weighted by Gasteiger charge is -2.33. The Labute approximate surface area is 73.9 Å². The standard InChI is InChI=1S/C8H17NSi2/c1-6-9(7-2)11(4,5)10-8-3/h3H,6-7H2,1-2,4-5H3.